The fourth-order valence-corrected chi connectivity index (χ4v) is 2.10. The number of pyridine rings is 1. The molecule has 104 valence electrons. The zero-order chi connectivity index (χ0) is 14.8. The number of anilines is 2. The van der Waals surface area contributed by atoms with Gasteiger partial charge in [0.15, 0.2) is 0 Å². The number of nitrogens with zero attached hydrogens (tertiary/aromatic N) is 1. The van der Waals surface area contributed by atoms with Crippen LogP contribution in [0.5, 0.6) is 0 Å². The fourth-order valence-electron chi connectivity index (χ4n) is 2.10. The van der Waals surface area contributed by atoms with Crippen LogP contribution in [0.1, 0.15) is 10.4 Å². The van der Waals surface area contributed by atoms with Crippen molar-refractivity contribution in [2.75, 3.05) is 5.32 Å². The minimum absolute atomic E-state index is 0.122. The van der Waals surface area contributed by atoms with Crippen LogP contribution in [-0.4, -0.2) is 16.1 Å². The van der Waals surface area contributed by atoms with Crippen molar-refractivity contribution in [3.8, 4) is 0 Å². The van der Waals surface area contributed by atoms with E-state index in [4.69, 9.17) is 5.11 Å². The highest BCUT2D eigenvalue weighted by Crippen LogP contribution is 2.24. The number of rotatable bonds is 3. The molecule has 0 bridgehead atoms. The average Bonchev–Trinajstić information content (AvgIpc) is 2.49. The Balaban J connectivity index is 2.00. The highest BCUT2D eigenvalue weighted by molar-refractivity contribution is 5.95. The number of fused-ring (bicyclic) bond motifs is 1. The molecule has 0 aliphatic rings. The fraction of sp³-hybridized carbons (Fsp3) is 0. The van der Waals surface area contributed by atoms with E-state index in [1.807, 2.05) is 30.3 Å². The second-order valence-corrected chi connectivity index (χ2v) is 4.54. The van der Waals surface area contributed by atoms with Crippen molar-refractivity contribution in [2.24, 2.45) is 0 Å². The second-order valence-electron chi connectivity index (χ2n) is 4.54. The van der Waals surface area contributed by atoms with E-state index in [1.54, 1.807) is 6.20 Å². The third-order valence-corrected chi connectivity index (χ3v) is 3.08. The number of hydrogen-bond donors (Lipinski definition) is 2. The van der Waals surface area contributed by atoms with Crippen LogP contribution in [0.15, 0.2) is 54.7 Å². The van der Waals surface area contributed by atoms with E-state index in [2.05, 4.69) is 10.3 Å². The van der Waals surface area contributed by atoms with E-state index in [0.29, 0.717) is 11.4 Å². The van der Waals surface area contributed by atoms with Gasteiger partial charge >= 0.3 is 5.97 Å². The van der Waals surface area contributed by atoms with Gasteiger partial charge in [0, 0.05) is 5.39 Å². The van der Waals surface area contributed by atoms with Gasteiger partial charge in [0.2, 0.25) is 0 Å². The summed E-state index contributed by atoms with van der Waals surface area (Å²) >= 11 is 0. The van der Waals surface area contributed by atoms with Crippen LogP contribution in [0.4, 0.5) is 15.8 Å². The van der Waals surface area contributed by atoms with E-state index < -0.39 is 11.8 Å². The summed E-state index contributed by atoms with van der Waals surface area (Å²) in [5.74, 6) is -1.78. The number of benzene rings is 2. The Morgan fingerprint density at radius 1 is 1.14 bits per heavy atom. The summed E-state index contributed by atoms with van der Waals surface area (Å²) in [6, 6.07) is 13.0. The third kappa shape index (κ3) is 2.67. The number of nitrogens with one attached hydrogen (secondary N) is 1. The molecule has 5 heteroatoms. The number of para-hydroxylation sites is 1. The van der Waals surface area contributed by atoms with Crippen molar-refractivity contribution in [3.63, 3.8) is 0 Å². The topological polar surface area (TPSA) is 62.2 Å². The number of halogens is 1. The van der Waals surface area contributed by atoms with Gasteiger partial charge in [-0.15, -0.1) is 0 Å². The molecule has 3 rings (SSSR count). The standard InChI is InChI=1S/C16H11FN2O2/c17-11-5-6-15(13(8-11)16(20)21)19-12-7-10-3-1-2-4-14(10)18-9-12/h1-9,19H,(H,20,21). The molecule has 3 aromatic rings. The highest BCUT2D eigenvalue weighted by atomic mass is 19.1. The van der Waals surface area contributed by atoms with Gasteiger partial charge in [-0.3, -0.25) is 4.98 Å². The van der Waals surface area contributed by atoms with Crippen molar-refractivity contribution < 1.29 is 14.3 Å². The van der Waals surface area contributed by atoms with Gasteiger partial charge in [-0.2, -0.15) is 0 Å². The summed E-state index contributed by atoms with van der Waals surface area (Å²) in [5, 5.41) is 13.0. The predicted molar refractivity (Wildman–Crippen MR) is 78.4 cm³/mol. The molecule has 0 saturated carbocycles. The Morgan fingerprint density at radius 2 is 1.95 bits per heavy atom. The first-order chi connectivity index (χ1) is 10.1. The zero-order valence-electron chi connectivity index (χ0n) is 10.9. The van der Waals surface area contributed by atoms with E-state index >= 15 is 0 Å². The molecule has 1 heterocycles. The summed E-state index contributed by atoms with van der Waals surface area (Å²) in [6.07, 6.45) is 1.61. The van der Waals surface area contributed by atoms with Crippen LogP contribution in [0.2, 0.25) is 0 Å². The third-order valence-electron chi connectivity index (χ3n) is 3.08. The van der Waals surface area contributed by atoms with Gasteiger partial charge in [0.25, 0.3) is 0 Å². The molecule has 2 N–H and O–H groups in total. The van der Waals surface area contributed by atoms with Gasteiger partial charge in [-0.1, -0.05) is 18.2 Å². The SMILES string of the molecule is O=C(O)c1cc(F)ccc1Nc1cnc2ccccc2c1. The van der Waals surface area contributed by atoms with E-state index in [0.717, 1.165) is 17.0 Å². The summed E-state index contributed by atoms with van der Waals surface area (Å²) in [5.41, 5.74) is 1.69. The maximum Gasteiger partial charge on any atom is 0.337 e. The number of aromatic nitrogens is 1. The highest BCUT2D eigenvalue weighted by Gasteiger charge is 2.11. The lowest BCUT2D eigenvalue weighted by Crippen LogP contribution is -2.03. The van der Waals surface area contributed by atoms with Crippen molar-refractivity contribution in [1.29, 1.82) is 0 Å². The Bertz CT molecular complexity index is 833. The Hall–Kier alpha value is -2.95. The average molecular weight is 282 g/mol. The predicted octanol–water partition coefficient (Wildman–Crippen LogP) is 3.82. The molecular formula is C16H11FN2O2. The van der Waals surface area contributed by atoms with Gasteiger partial charge in [-0.25, -0.2) is 9.18 Å². The molecule has 0 fully saturated rings. The summed E-state index contributed by atoms with van der Waals surface area (Å²) < 4.78 is 13.2. The first-order valence-electron chi connectivity index (χ1n) is 6.28. The summed E-state index contributed by atoms with van der Waals surface area (Å²) in [4.78, 5) is 15.4. The van der Waals surface area contributed by atoms with Crippen molar-refractivity contribution in [2.45, 2.75) is 0 Å². The van der Waals surface area contributed by atoms with Gasteiger partial charge < -0.3 is 10.4 Å². The number of hydrogen-bond acceptors (Lipinski definition) is 3. The number of carboxylic acids is 1. The lowest BCUT2D eigenvalue weighted by atomic mass is 10.1. The zero-order valence-corrected chi connectivity index (χ0v) is 10.9. The first-order valence-corrected chi connectivity index (χ1v) is 6.28. The maximum atomic E-state index is 13.2. The van der Waals surface area contributed by atoms with E-state index in [-0.39, 0.29) is 5.56 Å². The number of carboxylic acid groups (broad SMARTS) is 1. The summed E-state index contributed by atoms with van der Waals surface area (Å²) in [7, 11) is 0. The molecule has 0 aliphatic carbocycles. The lowest BCUT2D eigenvalue weighted by molar-refractivity contribution is 0.0697. The Morgan fingerprint density at radius 3 is 2.76 bits per heavy atom. The molecule has 0 unspecified atom stereocenters. The van der Waals surface area contributed by atoms with Crippen LogP contribution in [0.25, 0.3) is 10.9 Å². The Kier molecular flexibility index (Phi) is 3.23. The lowest BCUT2D eigenvalue weighted by Gasteiger charge is -2.10. The maximum absolute atomic E-state index is 13.2. The van der Waals surface area contributed by atoms with Crippen LogP contribution in [0, 0.1) is 5.82 Å². The molecule has 0 aliphatic heterocycles. The minimum atomic E-state index is -1.19. The summed E-state index contributed by atoms with van der Waals surface area (Å²) in [6.45, 7) is 0. The molecule has 2 aromatic carbocycles. The molecule has 0 spiro atoms. The molecule has 0 radical (unpaired) electrons. The van der Waals surface area contributed by atoms with Crippen LogP contribution in [-0.2, 0) is 0 Å². The minimum Gasteiger partial charge on any atom is -0.478 e. The molecular weight excluding hydrogens is 271 g/mol. The molecule has 0 saturated heterocycles. The van der Waals surface area contributed by atoms with Gasteiger partial charge in [0.05, 0.1) is 28.7 Å². The molecule has 0 amide bonds. The van der Waals surface area contributed by atoms with Crippen LogP contribution >= 0.6 is 0 Å². The second kappa shape index (κ2) is 5.20. The molecule has 4 nitrogen and oxygen atoms in total. The molecule has 1 aromatic heterocycles. The number of aromatic carboxylic acids is 1. The van der Waals surface area contributed by atoms with Gasteiger partial charge in [0.1, 0.15) is 5.82 Å². The molecule has 21 heavy (non-hydrogen) atoms. The van der Waals surface area contributed by atoms with Crippen LogP contribution in [0.3, 0.4) is 0 Å². The number of carbonyl (C=O) groups is 1. The Labute approximate surface area is 119 Å². The monoisotopic (exact) mass is 282 g/mol. The normalized spacial score (nSPS) is 10.5. The van der Waals surface area contributed by atoms with Crippen LogP contribution < -0.4 is 5.32 Å². The molecule has 0 atom stereocenters. The first kappa shape index (κ1) is 13.1. The van der Waals surface area contributed by atoms with Gasteiger partial charge in [-0.05, 0) is 30.3 Å². The quantitative estimate of drug-likeness (QED) is 0.766. The smallest absolute Gasteiger partial charge is 0.337 e. The van der Waals surface area contributed by atoms with Crippen molar-refractivity contribution in [3.05, 3.63) is 66.1 Å². The van der Waals surface area contributed by atoms with Crippen molar-refractivity contribution >= 4 is 28.2 Å². The van der Waals surface area contributed by atoms with Crippen molar-refractivity contribution in [1.82, 2.24) is 4.98 Å². The van der Waals surface area contributed by atoms with E-state index in [1.165, 1.54) is 12.1 Å². The van der Waals surface area contributed by atoms with E-state index in [9.17, 15) is 9.18 Å². The largest absolute Gasteiger partial charge is 0.478 e.